The first-order valence-corrected chi connectivity index (χ1v) is 14.2. The molecular formula is C30H42O2S. The summed E-state index contributed by atoms with van der Waals surface area (Å²) >= 11 is 0. The summed E-state index contributed by atoms with van der Waals surface area (Å²) in [5.41, 5.74) is 4.62. The van der Waals surface area contributed by atoms with Crippen LogP contribution < -0.4 is 0 Å². The Morgan fingerprint density at radius 3 is 1.27 bits per heavy atom. The second-order valence-electron chi connectivity index (χ2n) is 8.85. The van der Waals surface area contributed by atoms with Crippen LogP contribution >= 0.6 is 0 Å². The average molecular weight is 467 g/mol. The van der Waals surface area contributed by atoms with Crippen LogP contribution in [0.3, 0.4) is 0 Å². The normalized spacial score (nSPS) is 11.3. The molecule has 0 unspecified atom stereocenters. The molecule has 0 aliphatic heterocycles. The number of rotatable bonds is 14. The van der Waals surface area contributed by atoms with Gasteiger partial charge in [0, 0.05) is 0 Å². The van der Waals surface area contributed by atoms with Crippen molar-refractivity contribution in [3.63, 3.8) is 0 Å². The van der Waals surface area contributed by atoms with Crippen molar-refractivity contribution in [2.75, 3.05) is 0 Å². The van der Waals surface area contributed by atoms with Crippen molar-refractivity contribution in [3.05, 3.63) is 83.0 Å². The molecule has 0 N–H and O–H groups in total. The van der Waals surface area contributed by atoms with Gasteiger partial charge in [-0.05, 0) is 61.8 Å². The van der Waals surface area contributed by atoms with Crippen molar-refractivity contribution >= 4 is 9.84 Å². The van der Waals surface area contributed by atoms with Gasteiger partial charge in [0.1, 0.15) is 0 Å². The van der Waals surface area contributed by atoms with Gasteiger partial charge in [-0.2, -0.15) is 0 Å². The van der Waals surface area contributed by atoms with Gasteiger partial charge >= 0.3 is 0 Å². The molecule has 2 aromatic carbocycles. The highest BCUT2D eigenvalue weighted by Gasteiger charge is 2.23. The summed E-state index contributed by atoms with van der Waals surface area (Å²) in [6, 6.07) is 15.0. The summed E-state index contributed by atoms with van der Waals surface area (Å²) in [6.07, 6.45) is 14.6. The van der Waals surface area contributed by atoms with Gasteiger partial charge in [-0.25, -0.2) is 8.42 Å². The molecule has 0 heterocycles. The topological polar surface area (TPSA) is 34.1 Å². The SMILES string of the molecule is CCCC(=CCc1ccccc1S(=O)(=O)c1ccccc1CC=C(CCC)CCC)CCC. The Bertz CT molecular complexity index is 935. The van der Waals surface area contributed by atoms with E-state index in [1.165, 1.54) is 11.1 Å². The van der Waals surface area contributed by atoms with E-state index in [-0.39, 0.29) is 0 Å². The van der Waals surface area contributed by atoms with E-state index in [4.69, 9.17) is 0 Å². The van der Waals surface area contributed by atoms with Gasteiger partial charge in [0.15, 0.2) is 0 Å². The quantitative estimate of drug-likeness (QED) is 0.261. The molecule has 0 saturated carbocycles. The van der Waals surface area contributed by atoms with E-state index < -0.39 is 9.84 Å². The summed E-state index contributed by atoms with van der Waals surface area (Å²) in [5, 5.41) is 0. The summed E-state index contributed by atoms with van der Waals surface area (Å²) < 4.78 is 27.7. The summed E-state index contributed by atoms with van der Waals surface area (Å²) in [7, 11) is -3.60. The Hall–Kier alpha value is -2.13. The number of hydrogen-bond donors (Lipinski definition) is 0. The van der Waals surface area contributed by atoms with E-state index in [0.717, 1.165) is 62.5 Å². The summed E-state index contributed by atoms with van der Waals surface area (Å²) in [6.45, 7) is 8.78. The van der Waals surface area contributed by atoms with Crippen LogP contribution in [0, 0.1) is 0 Å². The molecule has 0 bridgehead atoms. The summed E-state index contributed by atoms with van der Waals surface area (Å²) in [4.78, 5) is 0.875. The lowest BCUT2D eigenvalue weighted by Crippen LogP contribution is -2.08. The minimum atomic E-state index is -3.60. The monoisotopic (exact) mass is 466 g/mol. The van der Waals surface area contributed by atoms with Crippen molar-refractivity contribution in [1.29, 1.82) is 0 Å². The fourth-order valence-corrected chi connectivity index (χ4v) is 6.18. The molecule has 0 fully saturated rings. The van der Waals surface area contributed by atoms with Crippen molar-refractivity contribution in [2.45, 2.75) is 102 Å². The highest BCUT2D eigenvalue weighted by molar-refractivity contribution is 7.91. The molecule has 33 heavy (non-hydrogen) atoms. The van der Waals surface area contributed by atoms with Crippen molar-refractivity contribution < 1.29 is 8.42 Å². The molecule has 0 amide bonds. The third-order valence-electron chi connectivity index (χ3n) is 6.03. The zero-order valence-electron chi connectivity index (χ0n) is 21.1. The molecule has 0 atom stereocenters. The molecule has 2 aromatic rings. The first-order chi connectivity index (χ1) is 16.0. The first kappa shape index (κ1) is 27.1. The molecule has 3 heteroatoms. The van der Waals surface area contributed by atoms with Gasteiger partial charge in [0.2, 0.25) is 9.84 Å². The maximum atomic E-state index is 13.8. The van der Waals surface area contributed by atoms with Crippen LogP contribution in [0.4, 0.5) is 0 Å². The van der Waals surface area contributed by atoms with Gasteiger partial charge in [-0.3, -0.25) is 0 Å². The van der Waals surface area contributed by atoms with Crippen LogP contribution in [-0.4, -0.2) is 8.42 Å². The lowest BCUT2D eigenvalue weighted by molar-refractivity contribution is 0.594. The van der Waals surface area contributed by atoms with Gasteiger partial charge < -0.3 is 0 Å². The van der Waals surface area contributed by atoms with Gasteiger partial charge in [0.25, 0.3) is 0 Å². The minimum Gasteiger partial charge on any atom is -0.218 e. The van der Waals surface area contributed by atoms with E-state index in [1.54, 1.807) is 12.1 Å². The maximum Gasteiger partial charge on any atom is 0.207 e. The van der Waals surface area contributed by atoms with Crippen molar-refractivity contribution in [1.82, 2.24) is 0 Å². The van der Waals surface area contributed by atoms with Gasteiger partial charge in [-0.15, -0.1) is 0 Å². The van der Waals surface area contributed by atoms with Crippen LogP contribution in [0.15, 0.2) is 81.6 Å². The van der Waals surface area contributed by atoms with E-state index in [0.29, 0.717) is 22.6 Å². The van der Waals surface area contributed by atoms with Gasteiger partial charge in [0.05, 0.1) is 9.79 Å². The highest BCUT2D eigenvalue weighted by atomic mass is 32.2. The molecule has 2 nitrogen and oxygen atoms in total. The fraction of sp³-hybridized carbons (Fsp3) is 0.467. The Labute approximate surface area is 202 Å². The Morgan fingerprint density at radius 1 is 0.606 bits per heavy atom. The second kappa shape index (κ2) is 14.2. The Kier molecular flexibility index (Phi) is 11.7. The van der Waals surface area contributed by atoms with Crippen molar-refractivity contribution in [2.24, 2.45) is 0 Å². The summed E-state index contributed by atoms with van der Waals surface area (Å²) in [5.74, 6) is 0. The first-order valence-electron chi connectivity index (χ1n) is 12.7. The molecule has 0 aliphatic rings. The smallest absolute Gasteiger partial charge is 0.207 e. The number of allylic oxidation sites excluding steroid dienone is 4. The van der Waals surface area contributed by atoms with Crippen LogP contribution in [0.25, 0.3) is 0 Å². The molecule has 2 rings (SSSR count). The zero-order valence-corrected chi connectivity index (χ0v) is 21.9. The average Bonchev–Trinajstić information content (AvgIpc) is 2.82. The largest absolute Gasteiger partial charge is 0.218 e. The Balaban J connectivity index is 2.42. The molecule has 0 aliphatic carbocycles. The van der Waals surface area contributed by atoms with Crippen LogP contribution in [0.2, 0.25) is 0 Å². The third kappa shape index (κ3) is 7.99. The molecule has 0 radical (unpaired) electrons. The van der Waals surface area contributed by atoms with Crippen molar-refractivity contribution in [3.8, 4) is 0 Å². The minimum absolute atomic E-state index is 0.437. The van der Waals surface area contributed by atoms with Crippen LogP contribution in [0.1, 0.15) is 90.2 Å². The highest BCUT2D eigenvalue weighted by Crippen LogP contribution is 2.29. The standard InChI is InChI=1S/C30H42O2S/c1-5-13-25(14-6-2)21-23-27-17-9-11-19-29(27)33(31,32)30-20-12-10-18-28(30)24-22-26(15-7-3)16-8-4/h9-12,17-22H,5-8,13-16,23-24H2,1-4H3. The molecule has 180 valence electrons. The number of benzene rings is 2. The van der Waals surface area contributed by atoms with E-state index in [1.807, 2.05) is 36.4 Å². The number of sulfone groups is 1. The third-order valence-corrected chi connectivity index (χ3v) is 7.98. The number of hydrogen-bond acceptors (Lipinski definition) is 2. The van der Waals surface area contributed by atoms with Gasteiger partial charge in [-0.1, -0.05) is 113 Å². The maximum absolute atomic E-state index is 13.8. The molecular weight excluding hydrogens is 424 g/mol. The Morgan fingerprint density at radius 2 is 0.939 bits per heavy atom. The van der Waals surface area contributed by atoms with E-state index >= 15 is 0 Å². The zero-order chi connectivity index (χ0) is 24.1. The molecule has 0 spiro atoms. The molecule has 0 aromatic heterocycles. The molecule has 0 saturated heterocycles. The lowest BCUT2D eigenvalue weighted by Gasteiger charge is -2.14. The predicted octanol–water partition coefficient (Wildman–Crippen LogP) is 8.66. The van der Waals surface area contributed by atoms with E-state index in [2.05, 4.69) is 39.8 Å². The fourth-order valence-electron chi connectivity index (χ4n) is 4.44. The van der Waals surface area contributed by atoms with E-state index in [9.17, 15) is 8.42 Å². The van der Waals surface area contributed by atoms with Crippen LogP contribution in [-0.2, 0) is 22.7 Å². The second-order valence-corrected chi connectivity index (χ2v) is 10.7. The lowest BCUT2D eigenvalue weighted by atomic mass is 10.0. The predicted molar refractivity (Wildman–Crippen MR) is 142 cm³/mol. The van der Waals surface area contributed by atoms with Crippen LogP contribution in [0.5, 0.6) is 0 Å².